The second-order valence-corrected chi connectivity index (χ2v) is 15.4. The Labute approximate surface area is 313 Å². The standard InChI is InChI=1S/C41H57N5O7/c1-8-9-21-32(38(49)53-26-29-18-11-10-12-19-29)42-36(47)33(23-30-25-45(40(51)52-7)35-22-14-13-20-31(30)35)43-37(48)34(24-41(4,5)6)44-39(50)46-27(2)16-15-17-28(46)3/h10-14,18-20,22,25,27-28,32-34H,8-9,15-17,21,23-24,26H2,1-7H3,(H,42,47)(H,43,48)(H,44,50)/t27-,28+,32-,33-,34+/m1/s1. The van der Waals surface area contributed by atoms with Crippen molar-refractivity contribution in [1.82, 2.24) is 25.4 Å². The molecular weight excluding hydrogens is 674 g/mol. The zero-order valence-electron chi connectivity index (χ0n) is 32.3. The van der Waals surface area contributed by atoms with E-state index in [0.29, 0.717) is 35.7 Å². The number of methoxy groups -OCH3 is 1. The van der Waals surface area contributed by atoms with Crippen LogP contribution in [0.4, 0.5) is 9.59 Å². The number of hydrogen-bond acceptors (Lipinski definition) is 7. The molecule has 288 valence electrons. The molecule has 5 atom stereocenters. The van der Waals surface area contributed by atoms with Crippen LogP contribution in [-0.2, 0) is 36.9 Å². The van der Waals surface area contributed by atoms with E-state index >= 15 is 0 Å². The first-order valence-electron chi connectivity index (χ1n) is 18.8. The van der Waals surface area contributed by atoms with Gasteiger partial charge in [-0.05, 0) is 68.6 Å². The number of urea groups is 1. The van der Waals surface area contributed by atoms with Crippen LogP contribution in [0.15, 0.2) is 60.8 Å². The molecule has 2 heterocycles. The molecular formula is C41H57N5O7. The second-order valence-electron chi connectivity index (χ2n) is 15.4. The van der Waals surface area contributed by atoms with Gasteiger partial charge in [0.05, 0.1) is 12.6 Å². The van der Waals surface area contributed by atoms with E-state index in [9.17, 15) is 24.0 Å². The third-order valence-electron chi connectivity index (χ3n) is 9.75. The smallest absolute Gasteiger partial charge is 0.418 e. The lowest BCUT2D eigenvalue weighted by atomic mass is 9.87. The summed E-state index contributed by atoms with van der Waals surface area (Å²) >= 11 is 0. The predicted octanol–water partition coefficient (Wildman–Crippen LogP) is 6.48. The van der Waals surface area contributed by atoms with Gasteiger partial charge in [0.25, 0.3) is 0 Å². The minimum atomic E-state index is -1.18. The number of ether oxygens (including phenoxy) is 2. The summed E-state index contributed by atoms with van der Waals surface area (Å²) in [6.07, 6.45) is 5.85. The van der Waals surface area contributed by atoms with Gasteiger partial charge < -0.3 is 30.3 Å². The Morgan fingerprint density at radius 3 is 2.11 bits per heavy atom. The average molecular weight is 732 g/mol. The lowest BCUT2D eigenvalue weighted by Crippen LogP contribution is -2.60. The monoisotopic (exact) mass is 731 g/mol. The quantitative estimate of drug-likeness (QED) is 0.161. The van der Waals surface area contributed by atoms with E-state index in [2.05, 4.69) is 16.0 Å². The molecule has 0 saturated carbocycles. The van der Waals surface area contributed by atoms with Crippen LogP contribution in [0.2, 0.25) is 0 Å². The summed E-state index contributed by atoms with van der Waals surface area (Å²) in [6, 6.07) is 13.1. The molecule has 1 fully saturated rings. The Kier molecular flexibility index (Phi) is 14.5. The highest BCUT2D eigenvalue weighted by Crippen LogP contribution is 2.26. The van der Waals surface area contributed by atoms with Gasteiger partial charge in [0.15, 0.2) is 0 Å². The van der Waals surface area contributed by atoms with E-state index in [-0.39, 0.29) is 36.6 Å². The summed E-state index contributed by atoms with van der Waals surface area (Å²) in [6.45, 7) is 12.0. The Bertz CT molecular complexity index is 1710. The number of carbonyl (C=O) groups is 5. The zero-order valence-corrected chi connectivity index (χ0v) is 32.3. The summed E-state index contributed by atoms with van der Waals surface area (Å²) in [5.74, 6) is -1.70. The van der Waals surface area contributed by atoms with Crippen molar-refractivity contribution in [2.75, 3.05) is 7.11 Å². The van der Waals surface area contributed by atoms with Gasteiger partial charge in [0.2, 0.25) is 11.8 Å². The van der Waals surface area contributed by atoms with Crippen molar-refractivity contribution < 1.29 is 33.4 Å². The largest absolute Gasteiger partial charge is 0.459 e. The molecule has 1 aliphatic heterocycles. The van der Waals surface area contributed by atoms with Crippen molar-refractivity contribution in [2.45, 2.75) is 130 Å². The number of hydrogen-bond donors (Lipinski definition) is 3. The molecule has 3 N–H and O–H groups in total. The molecule has 3 aromatic rings. The van der Waals surface area contributed by atoms with Gasteiger partial charge in [-0.25, -0.2) is 14.4 Å². The van der Waals surface area contributed by atoms with Crippen molar-refractivity contribution in [1.29, 1.82) is 0 Å². The number of amides is 4. The van der Waals surface area contributed by atoms with Crippen LogP contribution in [0.1, 0.15) is 97.6 Å². The Hall–Kier alpha value is -4.87. The zero-order chi connectivity index (χ0) is 38.7. The van der Waals surface area contributed by atoms with Crippen molar-refractivity contribution in [3.05, 3.63) is 71.9 Å². The molecule has 4 amide bonds. The maximum atomic E-state index is 14.3. The van der Waals surface area contributed by atoms with Gasteiger partial charge in [-0.3, -0.25) is 14.2 Å². The molecule has 12 nitrogen and oxygen atoms in total. The van der Waals surface area contributed by atoms with Crippen LogP contribution >= 0.6 is 0 Å². The topological polar surface area (TPSA) is 148 Å². The number of para-hydroxylation sites is 1. The Balaban J connectivity index is 1.65. The van der Waals surface area contributed by atoms with Crippen molar-refractivity contribution >= 4 is 40.8 Å². The fourth-order valence-corrected chi connectivity index (χ4v) is 6.99. The number of rotatable bonds is 14. The third-order valence-corrected chi connectivity index (χ3v) is 9.75. The van der Waals surface area contributed by atoms with Crippen LogP contribution in [-0.4, -0.2) is 76.7 Å². The van der Waals surface area contributed by atoms with E-state index in [1.165, 1.54) is 11.7 Å². The molecule has 0 spiro atoms. The highest BCUT2D eigenvalue weighted by molar-refractivity contribution is 5.95. The molecule has 1 aliphatic rings. The number of esters is 1. The molecule has 0 radical (unpaired) electrons. The Morgan fingerprint density at radius 2 is 1.47 bits per heavy atom. The van der Waals surface area contributed by atoms with Gasteiger partial charge in [0, 0.05) is 30.1 Å². The van der Waals surface area contributed by atoms with Gasteiger partial charge >= 0.3 is 18.1 Å². The molecule has 1 saturated heterocycles. The first-order chi connectivity index (χ1) is 25.2. The number of likely N-dealkylation sites (tertiary alicyclic amines) is 1. The number of nitrogens with zero attached hydrogens (tertiary/aromatic N) is 2. The molecule has 0 bridgehead atoms. The fourth-order valence-electron chi connectivity index (χ4n) is 6.99. The number of nitrogens with one attached hydrogen (secondary N) is 3. The van der Waals surface area contributed by atoms with Crippen LogP contribution < -0.4 is 16.0 Å². The van der Waals surface area contributed by atoms with E-state index in [0.717, 1.165) is 31.2 Å². The van der Waals surface area contributed by atoms with Gasteiger partial charge in [0.1, 0.15) is 24.7 Å². The molecule has 12 heteroatoms. The first kappa shape index (κ1) is 40.9. The van der Waals surface area contributed by atoms with E-state index in [1.54, 1.807) is 23.2 Å². The highest BCUT2D eigenvalue weighted by Gasteiger charge is 2.36. The number of carbonyl (C=O) groups excluding carboxylic acids is 5. The number of benzene rings is 2. The maximum absolute atomic E-state index is 14.3. The van der Waals surface area contributed by atoms with Gasteiger partial charge in [-0.2, -0.15) is 0 Å². The van der Waals surface area contributed by atoms with Crippen LogP contribution in [0.3, 0.4) is 0 Å². The lowest BCUT2D eigenvalue weighted by Gasteiger charge is -2.40. The first-order valence-corrected chi connectivity index (χ1v) is 18.8. The summed E-state index contributed by atoms with van der Waals surface area (Å²) in [5.41, 5.74) is 1.64. The van der Waals surface area contributed by atoms with E-state index in [1.807, 2.05) is 84.0 Å². The lowest BCUT2D eigenvalue weighted by molar-refractivity contribution is -0.149. The molecule has 2 aromatic carbocycles. The fraction of sp³-hybridized carbons (Fsp3) is 0.537. The molecule has 0 aliphatic carbocycles. The third kappa shape index (κ3) is 11.3. The van der Waals surface area contributed by atoms with Gasteiger partial charge in [-0.1, -0.05) is 89.1 Å². The number of aromatic nitrogens is 1. The van der Waals surface area contributed by atoms with Gasteiger partial charge in [-0.15, -0.1) is 0 Å². The molecule has 4 rings (SSSR count). The SMILES string of the molecule is CCCC[C@@H](NC(=O)[C@@H](Cc1cn(C(=O)OC)c2ccccc12)NC(=O)[C@H](CC(C)(C)C)NC(=O)N1[C@H](C)CCC[C@@H]1C)C(=O)OCc1ccccc1. The maximum Gasteiger partial charge on any atom is 0.418 e. The predicted molar refractivity (Wildman–Crippen MR) is 204 cm³/mol. The average Bonchev–Trinajstić information content (AvgIpc) is 3.49. The summed E-state index contributed by atoms with van der Waals surface area (Å²) in [7, 11) is 1.29. The van der Waals surface area contributed by atoms with Crippen molar-refractivity contribution in [2.24, 2.45) is 5.41 Å². The van der Waals surface area contributed by atoms with Crippen LogP contribution in [0.5, 0.6) is 0 Å². The highest BCUT2D eigenvalue weighted by atomic mass is 16.5. The summed E-state index contributed by atoms with van der Waals surface area (Å²) < 4.78 is 12.0. The summed E-state index contributed by atoms with van der Waals surface area (Å²) in [4.78, 5) is 70.2. The second kappa shape index (κ2) is 18.8. The van der Waals surface area contributed by atoms with Crippen molar-refractivity contribution in [3.63, 3.8) is 0 Å². The van der Waals surface area contributed by atoms with E-state index in [4.69, 9.17) is 9.47 Å². The normalized spacial score (nSPS) is 17.7. The molecule has 0 unspecified atom stereocenters. The van der Waals surface area contributed by atoms with Crippen LogP contribution in [0.25, 0.3) is 10.9 Å². The minimum absolute atomic E-state index is 0.0159. The number of unbranched alkanes of at least 4 members (excludes halogenated alkanes) is 1. The summed E-state index contributed by atoms with van der Waals surface area (Å²) in [5, 5.41) is 9.49. The molecule has 53 heavy (non-hydrogen) atoms. The molecule has 1 aromatic heterocycles. The van der Waals surface area contributed by atoms with Crippen LogP contribution in [0, 0.1) is 5.41 Å². The van der Waals surface area contributed by atoms with E-state index < -0.39 is 42.0 Å². The Morgan fingerprint density at radius 1 is 0.849 bits per heavy atom. The minimum Gasteiger partial charge on any atom is -0.459 e. The number of piperidine rings is 1. The number of fused-ring (bicyclic) bond motifs is 1. The van der Waals surface area contributed by atoms with Crippen molar-refractivity contribution in [3.8, 4) is 0 Å².